The number of thiophene rings is 1. The van der Waals surface area contributed by atoms with Gasteiger partial charge in [-0.15, -0.1) is 11.3 Å². The summed E-state index contributed by atoms with van der Waals surface area (Å²) in [6.45, 7) is -0.877. The molecule has 0 spiro atoms. The molecule has 3 nitrogen and oxygen atoms in total. The van der Waals surface area contributed by atoms with Crippen LogP contribution >= 0.6 is 11.3 Å². The van der Waals surface area contributed by atoms with Crippen molar-refractivity contribution in [2.45, 2.75) is 19.6 Å². The maximum absolute atomic E-state index is 12.4. The van der Waals surface area contributed by atoms with Crippen molar-refractivity contribution >= 4 is 17.0 Å². The first-order valence-electron chi connectivity index (χ1n) is 6.03. The zero-order valence-corrected chi connectivity index (χ0v) is 11.9. The minimum absolute atomic E-state index is 0.0193. The van der Waals surface area contributed by atoms with Crippen molar-refractivity contribution in [2.24, 2.45) is 0 Å². The maximum Gasteiger partial charge on any atom is 0.387 e. The smallest absolute Gasteiger partial charge is 0.387 e. The molecule has 1 unspecified atom stereocenters. The lowest BCUT2D eigenvalue weighted by molar-refractivity contribution is -0.0511. The molecule has 0 saturated heterocycles. The zero-order valence-electron chi connectivity index (χ0n) is 11.1. The van der Waals surface area contributed by atoms with E-state index in [1.54, 1.807) is 23.5 Å². The Bertz CT molecular complexity index is 546. The third-order valence-corrected chi connectivity index (χ3v) is 3.79. The molecule has 0 aliphatic heterocycles. The second-order valence-corrected chi connectivity index (χ2v) is 5.10. The van der Waals surface area contributed by atoms with Gasteiger partial charge < -0.3 is 14.8 Å². The topological polar surface area (TPSA) is 30.5 Å². The van der Waals surface area contributed by atoms with E-state index in [-0.39, 0.29) is 17.5 Å². The Balaban J connectivity index is 2.16. The van der Waals surface area contributed by atoms with Crippen LogP contribution in [0, 0.1) is 0 Å². The van der Waals surface area contributed by atoms with Gasteiger partial charge in [-0.3, -0.25) is 0 Å². The highest BCUT2D eigenvalue weighted by molar-refractivity contribution is 7.10. The average molecular weight is 299 g/mol. The number of hydrogen-bond acceptors (Lipinski definition) is 4. The molecule has 0 amide bonds. The van der Waals surface area contributed by atoms with Gasteiger partial charge in [0.05, 0.1) is 13.2 Å². The Morgan fingerprint density at radius 2 is 2.00 bits per heavy atom. The molecule has 1 atom stereocenters. The van der Waals surface area contributed by atoms with E-state index >= 15 is 0 Å². The number of nitrogens with one attached hydrogen (secondary N) is 1. The summed E-state index contributed by atoms with van der Waals surface area (Å²) in [5.41, 5.74) is 0.697. The van der Waals surface area contributed by atoms with Gasteiger partial charge >= 0.3 is 6.61 Å². The molecular weight excluding hydrogens is 284 g/mol. The number of methoxy groups -OCH3 is 1. The van der Waals surface area contributed by atoms with E-state index in [1.165, 1.54) is 13.2 Å². The second kappa shape index (κ2) is 6.56. The average Bonchev–Trinajstić information content (AvgIpc) is 2.92. The Morgan fingerprint density at radius 3 is 2.60 bits per heavy atom. The SMILES string of the molecule is COc1ccc(NC(C)c2cccs2)cc1OC(F)F. The lowest BCUT2D eigenvalue weighted by atomic mass is 10.2. The van der Waals surface area contributed by atoms with Crippen LogP contribution in [0.2, 0.25) is 0 Å². The van der Waals surface area contributed by atoms with Crippen LogP contribution in [0.3, 0.4) is 0 Å². The standard InChI is InChI=1S/C14H15F2NO2S/c1-9(13-4-3-7-20-13)17-10-5-6-11(18-2)12(8-10)19-14(15)16/h3-9,14,17H,1-2H3. The molecule has 0 aliphatic rings. The van der Waals surface area contributed by atoms with Crippen LogP contribution < -0.4 is 14.8 Å². The summed E-state index contributed by atoms with van der Waals surface area (Å²) in [7, 11) is 1.41. The molecule has 108 valence electrons. The van der Waals surface area contributed by atoms with Crippen LogP contribution in [0.25, 0.3) is 0 Å². The summed E-state index contributed by atoms with van der Waals surface area (Å²) < 4.78 is 34.2. The predicted octanol–water partition coefficient (Wildman–Crippen LogP) is 4.53. The van der Waals surface area contributed by atoms with Crippen molar-refractivity contribution in [3.05, 3.63) is 40.6 Å². The summed E-state index contributed by atoms with van der Waals surface area (Å²) in [6, 6.07) is 8.94. The lowest BCUT2D eigenvalue weighted by Gasteiger charge is -2.16. The molecule has 0 fully saturated rings. The first-order valence-corrected chi connectivity index (χ1v) is 6.91. The van der Waals surface area contributed by atoms with Crippen LogP contribution in [0.5, 0.6) is 11.5 Å². The van der Waals surface area contributed by atoms with Crippen molar-refractivity contribution in [1.29, 1.82) is 0 Å². The number of anilines is 1. The first-order chi connectivity index (χ1) is 9.60. The van der Waals surface area contributed by atoms with Crippen molar-refractivity contribution in [3.63, 3.8) is 0 Å². The molecule has 0 saturated carbocycles. The molecule has 2 aromatic rings. The summed E-state index contributed by atoms with van der Waals surface area (Å²) in [4.78, 5) is 1.16. The Morgan fingerprint density at radius 1 is 1.20 bits per heavy atom. The van der Waals surface area contributed by atoms with Gasteiger partial charge in [0.15, 0.2) is 11.5 Å². The number of hydrogen-bond donors (Lipinski definition) is 1. The molecule has 0 aliphatic carbocycles. The number of halogens is 2. The Labute approximate surface area is 120 Å². The van der Waals surface area contributed by atoms with Gasteiger partial charge in [-0.1, -0.05) is 6.07 Å². The van der Waals surface area contributed by atoms with E-state index in [0.29, 0.717) is 5.69 Å². The van der Waals surface area contributed by atoms with E-state index < -0.39 is 6.61 Å². The highest BCUT2D eigenvalue weighted by Gasteiger charge is 2.13. The number of alkyl halides is 2. The summed E-state index contributed by atoms with van der Waals surface area (Å²) in [5.74, 6) is 0.297. The number of rotatable bonds is 6. The molecule has 20 heavy (non-hydrogen) atoms. The lowest BCUT2D eigenvalue weighted by Crippen LogP contribution is -2.07. The fourth-order valence-corrected chi connectivity index (χ4v) is 2.55. The second-order valence-electron chi connectivity index (χ2n) is 4.13. The summed E-state index contributed by atoms with van der Waals surface area (Å²) in [6.07, 6.45) is 0. The minimum atomic E-state index is -2.88. The molecular formula is C14H15F2NO2S. The van der Waals surface area contributed by atoms with E-state index in [4.69, 9.17) is 4.74 Å². The molecule has 1 N–H and O–H groups in total. The molecule has 1 aromatic carbocycles. The van der Waals surface area contributed by atoms with E-state index in [2.05, 4.69) is 10.1 Å². The molecule has 2 rings (SSSR count). The van der Waals surface area contributed by atoms with Gasteiger partial charge in [0, 0.05) is 16.6 Å². The third-order valence-electron chi connectivity index (χ3n) is 2.73. The van der Waals surface area contributed by atoms with Gasteiger partial charge in [0.1, 0.15) is 0 Å². The molecule has 0 radical (unpaired) electrons. The quantitative estimate of drug-likeness (QED) is 0.850. The van der Waals surface area contributed by atoms with Crippen molar-refractivity contribution in [1.82, 2.24) is 0 Å². The number of benzene rings is 1. The van der Waals surface area contributed by atoms with Crippen LogP contribution in [0.1, 0.15) is 17.8 Å². The van der Waals surface area contributed by atoms with E-state index in [1.807, 2.05) is 24.4 Å². The summed E-state index contributed by atoms with van der Waals surface area (Å²) >= 11 is 1.63. The van der Waals surface area contributed by atoms with Gasteiger partial charge in [-0.2, -0.15) is 8.78 Å². The van der Waals surface area contributed by atoms with Crippen molar-refractivity contribution in [3.8, 4) is 11.5 Å². The molecule has 1 aromatic heterocycles. The predicted molar refractivity (Wildman–Crippen MR) is 76.0 cm³/mol. The van der Waals surface area contributed by atoms with Crippen molar-refractivity contribution < 1.29 is 18.3 Å². The Kier molecular flexibility index (Phi) is 4.79. The van der Waals surface area contributed by atoms with Crippen molar-refractivity contribution in [2.75, 3.05) is 12.4 Å². The fraction of sp³-hybridized carbons (Fsp3) is 0.286. The monoisotopic (exact) mass is 299 g/mol. The molecule has 0 bridgehead atoms. The normalized spacial score (nSPS) is 12.2. The highest BCUT2D eigenvalue weighted by atomic mass is 32.1. The van der Waals surface area contributed by atoms with Gasteiger partial charge in [0.25, 0.3) is 0 Å². The summed E-state index contributed by atoms with van der Waals surface area (Å²) in [5, 5.41) is 5.23. The molecule has 6 heteroatoms. The largest absolute Gasteiger partial charge is 0.493 e. The van der Waals surface area contributed by atoms with Crippen LogP contribution in [0.4, 0.5) is 14.5 Å². The molecule has 1 heterocycles. The van der Waals surface area contributed by atoms with Crippen LogP contribution in [-0.2, 0) is 0 Å². The highest BCUT2D eigenvalue weighted by Crippen LogP contribution is 2.33. The Hall–Kier alpha value is -1.82. The number of ether oxygens (including phenoxy) is 2. The fourth-order valence-electron chi connectivity index (χ4n) is 1.81. The first kappa shape index (κ1) is 14.6. The van der Waals surface area contributed by atoms with Gasteiger partial charge in [-0.05, 0) is 30.5 Å². The minimum Gasteiger partial charge on any atom is -0.493 e. The zero-order chi connectivity index (χ0) is 14.5. The maximum atomic E-state index is 12.4. The van der Waals surface area contributed by atoms with Crippen LogP contribution in [0.15, 0.2) is 35.7 Å². The van der Waals surface area contributed by atoms with E-state index in [9.17, 15) is 8.78 Å². The van der Waals surface area contributed by atoms with Gasteiger partial charge in [0.2, 0.25) is 0 Å². The van der Waals surface area contributed by atoms with E-state index in [0.717, 1.165) is 4.88 Å². The van der Waals surface area contributed by atoms with Crippen LogP contribution in [-0.4, -0.2) is 13.7 Å². The van der Waals surface area contributed by atoms with Gasteiger partial charge in [-0.25, -0.2) is 0 Å². The third kappa shape index (κ3) is 3.60.